The summed E-state index contributed by atoms with van der Waals surface area (Å²) < 4.78 is 0. The van der Waals surface area contributed by atoms with Crippen molar-refractivity contribution < 1.29 is 0 Å². The Balaban J connectivity index is 2.21. The lowest BCUT2D eigenvalue weighted by Crippen LogP contribution is -2.23. The van der Waals surface area contributed by atoms with Gasteiger partial charge in [-0.15, -0.1) is 11.3 Å². The Bertz CT molecular complexity index is 448. The predicted molar refractivity (Wildman–Crippen MR) is 78.1 cm³/mol. The molecule has 1 unspecified atom stereocenters. The molecule has 1 N–H and O–H groups in total. The lowest BCUT2D eigenvalue weighted by molar-refractivity contribution is 0.589. The van der Waals surface area contributed by atoms with Gasteiger partial charge in [-0.2, -0.15) is 0 Å². The highest BCUT2D eigenvalue weighted by molar-refractivity contribution is 7.07. The van der Waals surface area contributed by atoms with Gasteiger partial charge in [-0.1, -0.05) is 38.1 Å². The van der Waals surface area contributed by atoms with Crippen molar-refractivity contribution in [2.45, 2.75) is 32.7 Å². The summed E-state index contributed by atoms with van der Waals surface area (Å²) in [5.74, 6) is 0. The highest BCUT2D eigenvalue weighted by Gasteiger charge is 2.14. The summed E-state index contributed by atoms with van der Waals surface area (Å²) in [5, 5.41) is 5.70. The summed E-state index contributed by atoms with van der Waals surface area (Å²) in [7, 11) is 0. The summed E-state index contributed by atoms with van der Waals surface area (Å²) in [6.07, 6.45) is 2.22. The van der Waals surface area contributed by atoms with E-state index in [9.17, 15) is 0 Å². The van der Waals surface area contributed by atoms with E-state index in [1.807, 2.05) is 5.51 Å². The SMILES string of the molecule is CCCNC(c1ccc(CC)cc1)c1cscn1. The van der Waals surface area contributed by atoms with Gasteiger partial charge in [0.25, 0.3) is 0 Å². The fourth-order valence-corrected chi connectivity index (χ4v) is 2.57. The molecular formula is C15H20N2S. The number of hydrogen-bond acceptors (Lipinski definition) is 3. The van der Waals surface area contributed by atoms with E-state index in [1.54, 1.807) is 11.3 Å². The van der Waals surface area contributed by atoms with Crippen molar-refractivity contribution in [3.8, 4) is 0 Å². The monoisotopic (exact) mass is 260 g/mol. The lowest BCUT2D eigenvalue weighted by Gasteiger charge is -2.17. The zero-order valence-electron chi connectivity index (χ0n) is 11.0. The van der Waals surface area contributed by atoms with Gasteiger partial charge in [-0.3, -0.25) is 0 Å². The largest absolute Gasteiger partial charge is 0.305 e. The first kappa shape index (κ1) is 13.2. The first-order valence-electron chi connectivity index (χ1n) is 6.55. The van der Waals surface area contributed by atoms with Crippen LogP contribution in [0.5, 0.6) is 0 Å². The maximum atomic E-state index is 4.44. The summed E-state index contributed by atoms with van der Waals surface area (Å²) in [6.45, 7) is 5.38. The van der Waals surface area contributed by atoms with Gasteiger partial charge in [0.05, 0.1) is 17.2 Å². The van der Waals surface area contributed by atoms with E-state index >= 15 is 0 Å². The van der Waals surface area contributed by atoms with E-state index in [0.29, 0.717) is 0 Å². The molecule has 1 aromatic heterocycles. The number of benzene rings is 1. The average Bonchev–Trinajstić information content (AvgIpc) is 2.94. The molecule has 1 aromatic carbocycles. The van der Waals surface area contributed by atoms with Gasteiger partial charge in [-0.25, -0.2) is 4.98 Å². The van der Waals surface area contributed by atoms with E-state index in [0.717, 1.165) is 25.1 Å². The summed E-state index contributed by atoms with van der Waals surface area (Å²) in [4.78, 5) is 4.44. The molecular weight excluding hydrogens is 240 g/mol. The Labute approximate surface area is 113 Å². The average molecular weight is 260 g/mol. The maximum Gasteiger partial charge on any atom is 0.0795 e. The van der Waals surface area contributed by atoms with Crippen LogP contribution in [0, 0.1) is 0 Å². The molecule has 0 radical (unpaired) electrons. The van der Waals surface area contributed by atoms with Gasteiger partial charge >= 0.3 is 0 Å². The van der Waals surface area contributed by atoms with Crippen molar-refractivity contribution in [3.05, 3.63) is 52.0 Å². The Hall–Kier alpha value is -1.19. The fourth-order valence-electron chi connectivity index (χ4n) is 1.99. The second kappa shape index (κ2) is 6.66. The predicted octanol–water partition coefficient (Wildman–Crippen LogP) is 3.79. The van der Waals surface area contributed by atoms with Crippen LogP contribution in [0.15, 0.2) is 35.2 Å². The Kier molecular flexibility index (Phi) is 4.90. The van der Waals surface area contributed by atoms with Crippen molar-refractivity contribution in [3.63, 3.8) is 0 Å². The smallest absolute Gasteiger partial charge is 0.0795 e. The molecule has 96 valence electrons. The quantitative estimate of drug-likeness (QED) is 0.854. The zero-order valence-corrected chi connectivity index (χ0v) is 11.8. The lowest BCUT2D eigenvalue weighted by atomic mass is 10.0. The topological polar surface area (TPSA) is 24.9 Å². The molecule has 1 atom stereocenters. The number of aryl methyl sites for hydroxylation is 1. The van der Waals surface area contributed by atoms with E-state index in [-0.39, 0.29) is 6.04 Å². The number of aromatic nitrogens is 1. The van der Waals surface area contributed by atoms with Crippen LogP contribution in [0.25, 0.3) is 0 Å². The molecule has 18 heavy (non-hydrogen) atoms. The van der Waals surface area contributed by atoms with Crippen LogP contribution in [-0.2, 0) is 6.42 Å². The Morgan fingerprint density at radius 1 is 1.22 bits per heavy atom. The minimum atomic E-state index is 0.224. The van der Waals surface area contributed by atoms with Gasteiger partial charge < -0.3 is 5.32 Å². The van der Waals surface area contributed by atoms with Gasteiger partial charge in [0.1, 0.15) is 0 Å². The number of rotatable bonds is 6. The van der Waals surface area contributed by atoms with E-state index in [1.165, 1.54) is 11.1 Å². The molecule has 0 bridgehead atoms. The maximum absolute atomic E-state index is 4.44. The van der Waals surface area contributed by atoms with Crippen LogP contribution in [0.4, 0.5) is 0 Å². The van der Waals surface area contributed by atoms with Crippen LogP contribution in [0.1, 0.15) is 43.1 Å². The number of nitrogens with zero attached hydrogens (tertiary/aromatic N) is 1. The molecule has 2 aromatic rings. The third kappa shape index (κ3) is 3.18. The summed E-state index contributed by atoms with van der Waals surface area (Å²) in [5.41, 5.74) is 5.70. The van der Waals surface area contributed by atoms with Crippen LogP contribution >= 0.6 is 11.3 Å². The number of nitrogens with one attached hydrogen (secondary N) is 1. The first-order chi connectivity index (χ1) is 8.85. The van der Waals surface area contributed by atoms with Gasteiger partial charge in [-0.05, 0) is 30.5 Å². The third-order valence-corrected chi connectivity index (χ3v) is 3.67. The van der Waals surface area contributed by atoms with Crippen molar-refractivity contribution in [2.75, 3.05) is 6.54 Å². The molecule has 0 saturated carbocycles. The molecule has 0 aliphatic rings. The zero-order chi connectivity index (χ0) is 12.8. The number of thiazole rings is 1. The molecule has 0 aliphatic heterocycles. The Morgan fingerprint density at radius 3 is 2.56 bits per heavy atom. The standard InChI is InChI=1S/C15H20N2S/c1-3-9-16-15(14-10-18-11-17-14)13-7-5-12(4-2)6-8-13/h5-8,10-11,15-16H,3-4,9H2,1-2H3. The molecule has 0 spiro atoms. The van der Waals surface area contributed by atoms with Crippen LogP contribution in [-0.4, -0.2) is 11.5 Å². The normalized spacial score (nSPS) is 12.6. The molecule has 2 nitrogen and oxygen atoms in total. The minimum absolute atomic E-state index is 0.224. The van der Waals surface area contributed by atoms with Crippen molar-refractivity contribution in [2.24, 2.45) is 0 Å². The highest BCUT2D eigenvalue weighted by Crippen LogP contribution is 2.22. The highest BCUT2D eigenvalue weighted by atomic mass is 32.1. The number of hydrogen-bond donors (Lipinski definition) is 1. The van der Waals surface area contributed by atoms with Gasteiger partial charge in [0.2, 0.25) is 0 Å². The minimum Gasteiger partial charge on any atom is -0.305 e. The molecule has 0 amide bonds. The molecule has 2 rings (SSSR count). The summed E-state index contributed by atoms with van der Waals surface area (Å²) >= 11 is 1.65. The molecule has 3 heteroatoms. The molecule has 0 saturated heterocycles. The van der Waals surface area contributed by atoms with E-state index < -0.39 is 0 Å². The first-order valence-corrected chi connectivity index (χ1v) is 7.49. The fraction of sp³-hybridized carbons (Fsp3) is 0.400. The second-order valence-electron chi connectivity index (χ2n) is 4.40. The Morgan fingerprint density at radius 2 is 2.00 bits per heavy atom. The van der Waals surface area contributed by atoms with Gasteiger partial charge in [0.15, 0.2) is 0 Å². The second-order valence-corrected chi connectivity index (χ2v) is 5.11. The molecule has 0 aliphatic carbocycles. The van der Waals surface area contributed by atoms with Crippen LogP contribution in [0.3, 0.4) is 0 Å². The van der Waals surface area contributed by atoms with Crippen molar-refractivity contribution in [1.82, 2.24) is 10.3 Å². The van der Waals surface area contributed by atoms with Crippen LogP contribution in [0.2, 0.25) is 0 Å². The molecule has 1 heterocycles. The summed E-state index contributed by atoms with van der Waals surface area (Å²) in [6, 6.07) is 9.07. The van der Waals surface area contributed by atoms with Crippen molar-refractivity contribution >= 4 is 11.3 Å². The van der Waals surface area contributed by atoms with Crippen LogP contribution < -0.4 is 5.32 Å². The van der Waals surface area contributed by atoms with Crippen molar-refractivity contribution in [1.29, 1.82) is 0 Å². The van der Waals surface area contributed by atoms with E-state index in [4.69, 9.17) is 0 Å². The third-order valence-electron chi connectivity index (χ3n) is 3.07. The molecule has 0 fully saturated rings. The van der Waals surface area contributed by atoms with Gasteiger partial charge in [0, 0.05) is 5.38 Å². The van der Waals surface area contributed by atoms with E-state index in [2.05, 4.69) is 53.8 Å².